The predicted octanol–water partition coefficient (Wildman–Crippen LogP) is 5.87. The van der Waals surface area contributed by atoms with Crippen molar-refractivity contribution in [2.24, 2.45) is 5.92 Å². The number of benzene rings is 2. The lowest BCUT2D eigenvalue weighted by Gasteiger charge is -2.47. The molecule has 33 heavy (non-hydrogen) atoms. The zero-order chi connectivity index (χ0) is 23.6. The van der Waals surface area contributed by atoms with Crippen molar-refractivity contribution in [1.82, 2.24) is 4.90 Å². The molecule has 2 fully saturated rings. The lowest BCUT2D eigenvalue weighted by molar-refractivity contribution is -0.138. The van der Waals surface area contributed by atoms with Gasteiger partial charge in [0.25, 0.3) is 0 Å². The van der Waals surface area contributed by atoms with Crippen LogP contribution in [0.3, 0.4) is 0 Å². The van der Waals surface area contributed by atoms with Crippen molar-refractivity contribution in [3.05, 3.63) is 65.2 Å². The van der Waals surface area contributed by atoms with Gasteiger partial charge in [-0.2, -0.15) is 13.2 Å². The third kappa shape index (κ3) is 4.99. The lowest BCUT2D eigenvalue weighted by Crippen LogP contribution is -2.55. The van der Waals surface area contributed by atoms with E-state index in [-0.39, 0.29) is 47.8 Å². The SMILES string of the molecule is COc1cc(C(=O)C2CC3CCCC(C2)N3C(=O)OCc2ccccc2)ccc1C(F)(F)F. The van der Waals surface area contributed by atoms with Gasteiger partial charge in [0.2, 0.25) is 0 Å². The molecule has 0 radical (unpaired) electrons. The highest BCUT2D eigenvalue weighted by molar-refractivity contribution is 5.98. The number of hydrogen-bond acceptors (Lipinski definition) is 4. The molecule has 0 aromatic heterocycles. The number of halogens is 3. The van der Waals surface area contributed by atoms with Crippen LogP contribution in [-0.2, 0) is 17.5 Å². The smallest absolute Gasteiger partial charge is 0.419 e. The number of fused-ring (bicyclic) bond motifs is 2. The van der Waals surface area contributed by atoms with Gasteiger partial charge in [0.15, 0.2) is 5.78 Å². The maximum absolute atomic E-state index is 13.2. The van der Waals surface area contributed by atoms with E-state index in [4.69, 9.17) is 9.47 Å². The van der Waals surface area contributed by atoms with Gasteiger partial charge in [0.1, 0.15) is 12.4 Å². The second kappa shape index (κ2) is 9.45. The van der Waals surface area contributed by atoms with Crippen LogP contribution in [0.5, 0.6) is 5.75 Å². The van der Waals surface area contributed by atoms with E-state index in [9.17, 15) is 22.8 Å². The van der Waals surface area contributed by atoms with Gasteiger partial charge in [0.05, 0.1) is 12.7 Å². The van der Waals surface area contributed by atoms with Gasteiger partial charge >= 0.3 is 12.3 Å². The maximum atomic E-state index is 13.2. The highest BCUT2D eigenvalue weighted by Gasteiger charge is 2.44. The number of hydrogen-bond donors (Lipinski definition) is 0. The van der Waals surface area contributed by atoms with Gasteiger partial charge in [0, 0.05) is 23.6 Å². The van der Waals surface area contributed by atoms with Crippen molar-refractivity contribution >= 4 is 11.9 Å². The summed E-state index contributed by atoms with van der Waals surface area (Å²) in [6.45, 7) is 0.184. The van der Waals surface area contributed by atoms with Crippen molar-refractivity contribution in [1.29, 1.82) is 0 Å². The van der Waals surface area contributed by atoms with Crippen LogP contribution in [-0.4, -0.2) is 36.0 Å². The highest BCUT2D eigenvalue weighted by Crippen LogP contribution is 2.40. The molecule has 2 heterocycles. The molecule has 4 rings (SSSR count). The van der Waals surface area contributed by atoms with E-state index >= 15 is 0 Å². The van der Waals surface area contributed by atoms with E-state index in [1.54, 1.807) is 4.90 Å². The monoisotopic (exact) mass is 461 g/mol. The van der Waals surface area contributed by atoms with Crippen molar-refractivity contribution < 1.29 is 32.2 Å². The fraction of sp³-hybridized carbons (Fsp3) is 0.440. The minimum atomic E-state index is -4.56. The number of Topliss-reactive ketones (excluding diaryl/α,β-unsaturated/α-hetero) is 1. The first-order valence-electron chi connectivity index (χ1n) is 11.1. The van der Waals surface area contributed by atoms with Crippen LogP contribution < -0.4 is 4.74 Å². The second-order valence-corrected chi connectivity index (χ2v) is 8.63. The molecule has 176 valence electrons. The van der Waals surface area contributed by atoms with Crippen molar-refractivity contribution in [3.63, 3.8) is 0 Å². The number of ketones is 1. The van der Waals surface area contributed by atoms with E-state index in [0.717, 1.165) is 38.0 Å². The highest BCUT2D eigenvalue weighted by atomic mass is 19.4. The molecule has 2 bridgehead atoms. The summed E-state index contributed by atoms with van der Waals surface area (Å²) in [4.78, 5) is 27.8. The van der Waals surface area contributed by atoms with Crippen LogP contribution in [0.1, 0.15) is 53.6 Å². The summed E-state index contributed by atoms with van der Waals surface area (Å²) in [5.41, 5.74) is 0.190. The molecule has 0 aliphatic carbocycles. The Bertz CT molecular complexity index is 994. The summed E-state index contributed by atoms with van der Waals surface area (Å²) in [7, 11) is 1.16. The van der Waals surface area contributed by atoms with Crippen LogP contribution in [0.2, 0.25) is 0 Å². The summed E-state index contributed by atoms with van der Waals surface area (Å²) in [5, 5.41) is 0. The molecule has 2 aromatic carbocycles. The van der Waals surface area contributed by atoms with Gasteiger partial charge in [-0.05, 0) is 49.8 Å². The van der Waals surface area contributed by atoms with Crippen molar-refractivity contribution in [2.45, 2.75) is 57.0 Å². The van der Waals surface area contributed by atoms with E-state index in [1.807, 2.05) is 30.3 Å². The van der Waals surface area contributed by atoms with Crippen molar-refractivity contribution in [2.75, 3.05) is 7.11 Å². The Morgan fingerprint density at radius 1 is 1.03 bits per heavy atom. The number of ether oxygens (including phenoxy) is 2. The molecule has 0 spiro atoms. The number of methoxy groups -OCH3 is 1. The van der Waals surface area contributed by atoms with Crippen LogP contribution in [0.15, 0.2) is 48.5 Å². The Kier molecular flexibility index (Phi) is 6.63. The molecule has 2 saturated heterocycles. The topological polar surface area (TPSA) is 55.8 Å². The number of piperidine rings is 2. The molecular weight excluding hydrogens is 435 g/mol. The first-order chi connectivity index (χ1) is 15.8. The van der Waals surface area contributed by atoms with Crippen LogP contribution in [0.25, 0.3) is 0 Å². The first kappa shape index (κ1) is 23.1. The first-order valence-corrected chi connectivity index (χ1v) is 11.1. The quantitative estimate of drug-likeness (QED) is 0.523. The molecule has 1 amide bonds. The number of rotatable bonds is 5. The zero-order valence-corrected chi connectivity index (χ0v) is 18.3. The second-order valence-electron chi connectivity index (χ2n) is 8.63. The van der Waals surface area contributed by atoms with Crippen LogP contribution in [0, 0.1) is 5.92 Å². The molecule has 2 aromatic rings. The average molecular weight is 461 g/mol. The predicted molar refractivity (Wildman–Crippen MR) is 115 cm³/mol. The molecule has 2 aliphatic rings. The van der Waals surface area contributed by atoms with Crippen molar-refractivity contribution in [3.8, 4) is 5.75 Å². The van der Waals surface area contributed by atoms with Crippen LogP contribution >= 0.6 is 0 Å². The maximum Gasteiger partial charge on any atom is 0.419 e. The average Bonchev–Trinajstić information content (AvgIpc) is 2.80. The summed E-state index contributed by atoms with van der Waals surface area (Å²) in [6, 6.07) is 12.5. The lowest BCUT2D eigenvalue weighted by atomic mass is 9.76. The molecular formula is C25H26F3NO4. The summed E-state index contributed by atoms with van der Waals surface area (Å²) in [5.74, 6) is -0.938. The molecule has 2 aliphatic heterocycles. The number of carbonyl (C=O) groups is 2. The molecule has 2 unspecified atom stereocenters. The Balaban J connectivity index is 1.46. The molecule has 8 heteroatoms. The van der Waals surface area contributed by atoms with Crippen LogP contribution in [0.4, 0.5) is 18.0 Å². The minimum absolute atomic E-state index is 0.119. The normalized spacial score (nSPS) is 22.5. The van der Waals surface area contributed by atoms with Gasteiger partial charge in [-0.1, -0.05) is 36.4 Å². The Morgan fingerprint density at radius 3 is 2.30 bits per heavy atom. The van der Waals surface area contributed by atoms with E-state index in [1.165, 1.54) is 12.1 Å². The van der Waals surface area contributed by atoms with Gasteiger partial charge in [-0.3, -0.25) is 4.79 Å². The zero-order valence-electron chi connectivity index (χ0n) is 18.3. The third-order valence-corrected chi connectivity index (χ3v) is 6.55. The minimum Gasteiger partial charge on any atom is -0.496 e. The van der Waals surface area contributed by atoms with E-state index < -0.39 is 11.7 Å². The Morgan fingerprint density at radius 2 is 1.70 bits per heavy atom. The largest absolute Gasteiger partial charge is 0.496 e. The Labute approximate surface area is 190 Å². The van der Waals surface area contributed by atoms with E-state index in [0.29, 0.717) is 12.8 Å². The van der Waals surface area contributed by atoms with E-state index in [2.05, 4.69) is 0 Å². The molecule has 2 atom stereocenters. The Hall–Kier alpha value is -3.03. The van der Waals surface area contributed by atoms with Gasteiger partial charge < -0.3 is 14.4 Å². The number of alkyl halides is 3. The standard InChI is InChI=1S/C25H26F3NO4/c1-32-22-14-17(10-11-21(22)25(26,27)28)23(30)18-12-19-8-5-9-20(13-18)29(19)24(31)33-15-16-6-3-2-4-7-16/h2-4,6-7,10-11,14,18-20H,5,8-9,12-13,15H2,1H3. The van der Waals surface area contributed by atoms with Gasteiger partial charge in [-0.15, -0.1) is 0 Å². The van der Waals surface area contributed by atoms with Gasteiger partial charge in [-0.25, -0.2) is 4.79 Å². The number of nitrogens with zero attached hydrogens (tertiary/aromatic N) is 1. The number of amides is 1. The third-order valence-electron chi connectivity index (χ3n) is 6.55. The summed E-state index contributed by atoms with van der Waals surface area (Å²) in [6.07, 6.45) is -1.48. The summed E-state index contributed by atoms with van der Waals surface area (Å²) < 4.78 is 49.9. The summed E-state index contributed by atoms with van der Waals surface area (Å²) >= 11 is 0. The molecule has 5 nitrogen and oxygen atoms in total. The fourth-order valence-electron chi connectivity index (χ4n) is 5.00. The molecule has 0 saturated carbocycles. The molecule has 0 N–H and O–H groups in total. The fourth-order valence-corrected chi connectivity index (χ4v) is 5.00. The number of carbonyl (C=O) groups excluding carboxylic acids is 2.